The van der Waals surface area contributed by atoms with E-state index in [0.29, 0.717) is 11.5 Å². The fraction of sp³-hybridized carbons (Fsp3) is 0.435. The molecular formula is C23H30F2N2O3. The summed E-state index contributed by atoms with van der Waals surface area (Å²) in [6, 6.07) is 7.56. The number of hydrogen-bond acceptors (Lipinski definition) is 5. The summed E-state index contributed by atoms with van der Waals surface area (Å²) in [5, 5.41) is 5.74. The summed E-state index contributed by atoms with van der Waals surface area (Å²) < 4.78 is 45.9. The van der Waals surface area contributed by atoms with E-state index >= 15 is 0 Å². The topological polar surface area (TPSA) is 43.3 Å². The van der Waals surface area contributed by atoms with E-state index in [4.69, 9.17) is 14.2 Å². The van der Waals surface area contributed by atoms with Gasteiger partial charge in [0.1, 0.15) is 11.5 Å². The van der Waals surface area contributed by atoms with Gasteiger partial charge in [0.2, 0.25) is 5.79 Å². The zero-order valence-electron chi connectivity index (χ0n) is 18.2. The van der Waals surface area contributed by atoms with Crippen LogP contribution in [0.1, 0.15) is 26.3 Å². The van der Waals surface area contributed by atoms with Gasteiger partial charge in [-0.1, -0.05) is 24.3 Å². The first-order valence-corrected chi connectivity index (χ1v) is 9.76. The summed E-state index contributed by atoms with van der Waals surface area (Å²) in [6.07, 6.45) is 4.74. The second-order valence-electron chi connectivity index (χ2n) is 7.28. The number of alkyl halides is 2. The quantitative estimate of drug-likeness (QED) is 0.241. The molecule has 0 N–H and O–H groups in total. The fourth-order valence-electron chi connectivity index (χ4n) is 3.05. The first-order valence-electron chi connectivity index (χ1n) is 9.76. The van der Waals surface area contributed by atoms with Crippen molar-refractivity contribution in [3.63, 3.8) is 0 Å². The van der Waals surface area contributed by atoms with Crippen LogP contribution in [0.5, 0.6) is 5.75 Å². The van der Waals surface area contributed by atoms with Crippen LogP contribution < -0.4 is 4.74 Å². The van der Waals surface area contributed by atoms with E-state index in [9.17, 15) is 8.78 Å². The lowest BCUT2D eigenvalue weighted by Gasteiger charge is -2.35. The van der Waals surface area contributed by atoms with Crippen molar-refractivity contribution < 1.29 is 23.0 Å². The highest BCUT2D eigenvalue weighted by molar-refractivity contribution is 5.52. The van der Waals surface area contributed by atoms with Crippen LogP contribution >= 0.6 is 0 Å². The monoisotopic (exact) mass is 420 g/mol. The molecule has 0 unspecified atom stereocenters. The van der Waals surface area contributed by atoms with E-state index in [1.165, 1.54) is 6.08 Å². The molecule has 1 heterocycles. The second-order valence-corrected chi connectivity index (χ2v) is 7.28. The van der Waals surface area contributed by atoms with Gasteiger partial charge in [0.15, 0.2) is 0 Å². The van der Waals surface area contributed by atoms with E-state index in [-0.39, 0.29) is 30.9 Å². The number of hydrogen-bond donors (Lipinski definition) is 0. The molecule has 0 aliphatic carbocycles. The number of benzene rings is 1. The third-order valence-corrected chi connectivity index (χ3v) is 4.55. The van der Waals surface area contributed by atoms with Gasteiger partial charge in [-0.05, 0) is 45.1 Å². The van der Waals surface area contributed by atoms with E-state index in [1.807, 2.05) is 31.2 Å². The van der Waals surface area contributed by atoms with Gasteiger partial charge in [0, 0.05) is 31.3 Å². The van der Waals surface area contributed by atoms with Crippen LogP contribution in [0, 0.1) is 6.92 Å². The maximum absolute atomic E-state index is 14.2. The largest absolute Gasteiger partial charge is 0.462 e. The van der Waals surface area contributed by atoms with Crippen LogP contribution in [-0.4, -0.2) is 49.7 Å². The Labute approximate surface area is 177 Å². The van der Waals surface area contributed by atoms with Crippen molar-refractivity contribution in [1.82, 2.24) is 5.01 Å². The highest BCUT2D eigenvalue weighted by Crippen LogP contribution is 2.39. The van der Waals surface area contributed by atoms with Crippen molar-refractivity contribution in [2.45, 2.75) is 39.4 Å². The lowest BCUT2D eigenvalue weighted by molar-refractivity contribution is -0.139. The van der Waals surface area contributed by atoms with Gasteiger partial charge in [-0.15, -0.1) is 0 Å². The Hall–Kier alpha value is -2.51. The molecule has 164 valence electrons. The molecule has 1 aliphatic heterocycles. The third kappa shape index (κ3) is 6.24. The van der Waals surface area contributed by atoms with Gasteiger partial charge in [-0.2, -0.15) is 5.10 Å². The Kier molecular flexibility index (Phi) is 7.92. The minimum atomic E-state index is -3.15. The summed E-state index contributed by atoms with van der Waals surface area (Å²) in [6.45, 7) is 10.6. The molecule has 7 heteroatoms. The molecule has 1 aliphatic rings. The molecule has 0 aromatic heterocycles. The maximum Gasteiger partial charge on any atom is 0.270 e. The van der Waals surface area contributed by atoms with Gasteiger partial charge in [0.25, 0.3) is 5.92 Å². The normalized spacial score (nSPS) is 17.4. The Morgan fingerprint density at radius 2 is 1.87 bits per heavy atom. The number of ether oxygens (including phenoxy) is 3. The van der Waals surface area contributed by atoms with Gasteiger partial charge < -0.3 is 14.2 Å². The second kappa shape index (κ2) is 10.00. The zero-order valence-corrected chi connectivity index (χ0v) is 18.2. The summed E-state index contributed by atoms with van der Waals surface area (Å²) >= 11 is 0. The smallest absolute Gasteiger partial charge is 0.270 e. The number of hydrazone groups is 1. The SMILES string of the molecule is C=C(/C(=C\C=C(/C)Oc1ccc(C)cc1)C1(CN(C)/N=C\C)OCCO1)C(C)(F)F. The molecule has 2 rings (SSSR count). The van der Waals surface area contributed by atoms with E-state index in [2.05, 4.69) is 11.7 Å². The molecular weight excluding hydrogens is 390 g/mol. The summed E-state index contributed by atoms with van der Waals surface area (Å²) in [7, 11) is 1.72. The highest BCUT2D eigenvalue weighted by Gasteiger charge is 2.46. The van der Waals surface area contributed by atoms with Crippen molar-refractivity contribution in [1.29, 1.82) is 0 Å². The van der Waals surface area contributed by atoms with Crippen LogP contribution in [0.3, 0.4) is 0 Å². The van der Waals surface area contributed by atoms with Gasteiger partial charge >= 0.3 is 0 Å². The average molecular weight is 421 g/mol. The highest BCUT2D eigenvalue weighted by atomic mass is 19.3. The van der Waals surface area contributed by atoms with Crippen LogP contribution in [0.25, 0.3) is 0 Å². The van der Waals surface area contributed by atoms with Crippen molar-refractivity contribution >= 4 is 6.21 Å². The van der Waals surface area contributed by atoms with Gasteiger partial charge in [-0.3, -0.25) is 5.01 Å². The molecule has 1 aromatic carbocycles. The van der Waals surface area contributed by atoms with Crippen LogP contribution in [0.4, 0.5) is 8.78 Å². The standard InChI is InChI=1S/C23H30F2N2O3/c1-7-26-27(6)16-23(28-14-15-29-23)21(19(4)22(5,24)25)13-10-18(3)30-20-11-8-17(2)9-12-20/h7-13H,4,14-16H2,1-3,5-6H3/b18-10+,21-13+,26-7-. The summed E-state index contributed by atoms with van der Waals surface area (Å²) in [5.41, 5.74) is 0.888. The molecule has 0 saturated carbocycles. The van der Waals surface area contributed by atoms with E-state index in [1.54, 1.807) is 38.2 Å². The predicted octanol–water partition coefficient (Wildman–Crippen LogP) is 5.10. The van der Waals surface area contributed by atoms with Crippen LogP contribution in [0.2, 0.25) is 0 Å². The molecule has 1 aromatic rings. The summed E-state index contributed by atoms with van der Waals surface area (Å²) in [4.78, 5) is 0. The van der Waals surface area contributed by atoms with E-state index < -0.39 is 11.7 Å². The molecule has 1 fully saturated rings. The lowest BCUT2D eigenvalue weighted by atomic mass is 9.93. The van der Waals surface area contributed by atoms with Crippen molar-refractivity contribution in [3.05, 3.63) is 65.5 Å². The number of aryl methyl sites for hydroxylation is 1. The van der Waals surface area contributed by atoms with Crippen molar-refractivity contribution in [2.75, 3.05) is 26.8 Å². The Balaban J connectivity index is 2.40. The average Bonchev–Trinajstić information content (AvgIpc) is 3.12. The van der Waals surface area contributed by atoms with E-state index in [0.717, 1.165) is 12.5 Å². The van der Waals surface area contributed by atoms with Crippen LogP contribution in [-0.2, 0) is 9.47 Å². The Morgan fingerprint density at radius 1 is 1.27 bits per heavy atom. The zero-order chi connectivity index (χ0) is 22.4. The first-order chi connectivity index (χ1) is 14.1. The first kappa shape index (κ1) is 23.8. The maximum atomic E-state index is 14.2. The predicted molar refractivity (Wildman–Crippen MR) is 115 cm³/mol. The number of rotatable bonds is 9. The van der Waals surface area contributed by atoms with Crippen LogP contribution in [0.15, 0.2) is 65.0 Å². The molecule has 0 atom stereocenters. The molecule has 0 bridgehead atoms. The Morgan fingerprint density at radius 3 is 2.40 bits per heavy atom. The minimum Gasteiger partial charge on any atom is -0.462 e. The molecule has 0 amide bonds. The third-order valence-electron chi connectivity index (χ3n) is 4.55. The number of nitrogens with zero attached hydrogens (tertiary/aromatic N) is 2. The van der Waals surface area contributed by atoms with Crippen molar-refractivity contribution in [2.24, 2.45) is 5.10 Å². The molecule has 0 radical (unpaired) electrons. The lowest BCUT2D eigenvalue weighted by Crippen LogP contribution is -2.44. The molecule has 1 saturated heterocycles. The molecule has 30 heavy (non-hydrogen) atoms. The van der Waals surface area contributed by atoms with Gasteiger partial charge in [-0.25, -0.2) is 8.78 Å². The minimum absolute atomic E-state index is 0.129. The molecule has 5 nitrogen and oxygen atoms in total. The fourth-order valence-corrected chi connectivity index (χ4v) is 3.05. The number of halogens is 2. The number of likely N-dealkylation sites (N-methyl/N-ethyl adjacent to an activating group) is 1. The van der Waals surface area contributed by atoms with Crippen molar-refractivity contribution in [3.8, 4) is 5.75 Å². The Bertz CT molecular complexity index is 818. The molecule has 0 spiro atoms. The summed E-state index contributed by atoms with van der Waals surface area (Å²) in [5.74, 6) is -3.38. The number of allylic oxidation sites excluding steroid dienone is 3. The van der Waals surface area contributed by atoms with Gasteiger partial charge in [0.05, 0.1) is 19.8 Å².